The Bertz CT molecular complexity index is 569. The molecule has 1 atom stereocenters. The van der Waals surface area contributed by atoms with Crippen LogP contribution >= 0.6 is 24.0 Å². The van der Waals surface area contributed by atoms with Gasteiger partial charge in [0.15, 0.2) is 5.96 Å². The molecule has 1 aliphatic rings. The van der Waals surface area contributed by atoms with Crippen molar-refractivity contribution in [2.24, 2.45) is 4.99 Å². The highest BCUT2D eigenvalue weighted by Gasteiger charge is 2.29. The van der Waals surface area contributed by atoms with Crippen LogP contribution in [-0.4, -0.2) is 51.4 Å². The van der Waals surface area contributed by atoms with Gasteiger partial charge < -0.3 is 20.1 Å². The minimum Gasteiger partial charge on any atom is -0.465 e. The van der Waals surface area contributed by atoms with Gasteiger partial charge in [-0.15, -0.1) is 24.0 Å². The van der Waals surface area contributed by atoms with Gasteiger partial charge in [-0.3, -0.25) is 4.99 Å². The highest BCUT2D eigenvalue weighted by Crippen LogP contribution is 2.23. The van der Waals surface area contributed by atoms with E-state index in [1.54, 1.807) is 19.2 Å². The molecular formula is C18H28IN3O3. The monoisotopic (exact) mass is 461 g/mol. The molecule has 0 radical (unpaired) electrons. The maximum Gasteiger partial charge on any atom is 0.337 e. The predicted octanol–water partition coefficient (Wildman–Crippen LogP) is 2.37. The quantitative estimate of drug-likeness (QED) is 0.295. The molecule has 6 nitrogen and oxygen atoms in total. The fourth-order valence-electron chi connectivity index (χ4n) is 2.72. The Morgan fingerprint density at radius 3 is 2.60 bits per heavy atom. The summed E-state index contributed by atoms with van der Waals surface area (Å²) in [5.74, 6) is 0.463. The van der Waals surface area contributed by atoms with Crippen LogP contribution in [0.1, 0.15) is 35.7 Å². The van der Waals surface area contributed by atoms with Crippen molar-refractivity contribution in [2.75, 3.05) is 33.9 Å². The largest absolute Gasteiger partial charge is 0.465 e. The Balaban J connectivity index is 0.00000312. The molecule has 0 spiro atoms. The summed E-state index contributed by atoms with van der Waals surface area (Å²) in [5, 5.41) is 6.62. The van der Waals surface area contributed by atoms with Gasteiger partial charge in [0, 0.05) is 26.7 Å². The van der Waals surface area contributed by atoms with Crippen LogP contribution in [-0.2, 0) is 15.9 Å². The third-order valence-corrected chi connectivity index (χ3v) is 4.24. The number of carbonyl (C=O) groups is 1. The van der Waals surface area contributed by atoms with E-state index in [4.69, 9.17) is 9.47 Å². The van der Waals surface area contributed by atoms with E-state index in [1.807, 2.05) is 12.1 Å². The van der Waals surface area contributed by atoms with E-state index < -0.39 is 0 Å². The highest BCUT2D eigenvalue weighted by atomic mass is 127. The molecule has 1 heterocycles. The average molecular weight is 461 g/mol. The number of ether oxygens (including phenoxy) is 2. The van der Waals surface area contributed by atoms with Gasteiger partial charge in [-0.1, -0.05) is 12.1 Å². The van der Waals surface area contributed by atoms with Gasteiger partial charge in [0.1, 0.15) is 0 Å². The molecule has 25 heavy (non-hydrogen) atoms. The van der Waals surface area contributed by atoms with E-state index in [1.165, 1.54) is 7.11 Å². The van der Waals surface area contributed by atoms with Crippen molar-refractivity contribution < 1.29 is 14.3 Å². The lowest BCUT2D eigenvalue weighted by molar-refractivity contribution is 0.0243. The summed E-state index contributed by atoms with van der Waals surface area (Å²) in [4.78, 5) is 15.6. The highest BCUT2D eigenvalue weighted by molar-refractivity contribution is 14.0. The lowest BCUT2D eigenvalue weighted by atomic mass is 10.0. The number of guanidine groups is 1. The van der Waals surface area contributed by atoms with Crippen LogP contribution in [0.5, 0.6) is 0 Å². The summed E-state index contributed by atoms with van der Waals surface area (Å²) in [5.41, 5.74) is 1.62. The van der Waals surface area contributed by atoms with Crippen molar-refractivity contribution in [2.45, 2.75) is 31.8 Å². The third-order valence-electron chi connectivity index (χ3n) is 4.24. The molecule has 2 N–H and O–H groups in total. The van der Waals surface area contributed by atoms with Crippen LogP contribution in [0.2, 0.25) is 0 Å². The average Bonchev–Trinajstić information content (AvgIpc) is 3.04. The lowest BCUT2D eigenvalue weighted by Gasteiger charge is -2.24. The number of methoxy groups -OCH3 is 1. The zero-order valence-electron chi connectivity index (χ0n) is 15.1. The number of nitrogens with one attached hydrogen (secondary N) is 2. The first-order valence-electron chi connectivity index (χ1n) is 8.32. The molecule has 0 bridgehead atoms. The van der Waals surface area contributed by atoms with E-state index >= 15 is 0 Å². The molecule has 1 fully saturated rings. The summed E-state index contributed by atoms with van der Waals surface area (Å²) >= 11 is 0. The topological polar surface area (TPSA) is 72.0 Å². The van der Waals surface area contributed by atoms with Crippen molar-refractivity contribution in [1.82, 2.24) is 10.6 Å². The molecule has 140 valence electrons. The summed E-state index contributed by atoms with van der Waals surface area (Å²) < 4.78 is 10.5. The number of benzene rings is 1. The zero-order valence-corrected chi connectivity index (χ0v) is 17.5. The molecule has 0 aromatic heterocycles. The molecule has 1 saturated heterocycles. The molecule has 1 aliphatic heterocycles. The zero-order chi connectivity index (χ0) is 17.4. The molecule has 1 unspecified atom stereocenters. The van der Waals surface area contributed by atoms with Crippen LogP contribution in [0.3, 0.4) is 0 Å². The third kappa shape index (κ3) is 6.81. The summed E-state index contributed by atoms with van der Waals surface area (Å²) in [7, 11) is 3.15. The first-order valence-corrected chi connectivity index (χ1v) is 8.32. The molecule has 1 aromatic carbocycles. The minimum atomic E-state index is -0.313. The van der Waals surface area contributed by atoms with E-state index in [-0.39, 0.29) is 35.5 Å². The summed E-state index contributed by atoms with van der Waals surface area (Å²) in [6, 6.07) is 7.45. The molecular weight excluding hydrogens is 433 g/mol. The molecule has 0 aliphatic carbocycles. The van der Waals surface area contributed by atoms with E-state index in [2.05, 4.69) is 22.5 Å². The van der Waals surface area contributed by atoms with Gasteiger partial charge in [-0.25, -0.2) is 4.79 Å². The SMILES string of the molecule is CN=C(NCCc1ccc(C(=O)OC)cc1)NCC1(C)CCCO1.I. The molecule has 0 amide bonds. The Morgan fingerprint density at radius 2 is 2.04 bits per heavy atom. The van der Waals surface area contributed by atoms with Gasteiger partial charge >= 0.3 is 5.97 Å². The number of nitrogens with zero attached hydrogens (tertiary/aromatic N) is 1. The Morgan fingerprint density at radius 1 is 1.32 bits per heavy atom. The Hall–Kier alpha value is -1.35. The van der Waals surface area contributed by atoms with Crippen LogP contribution in [0, 0.1) is 0 Å². The standard InChI is InChI=1S/C18H27N3O3.HI/c1-18(10-4-12-24-18)13-21-17(19-2)20-11-9-14-5-7-15(8-6-14)16(22)23-3;/h5-8H,4,9-13H2,1-3H3,(H2,19,20,21);1H. The first-order chi connectivity index (χ1) is 11.6. The fraction of sp³-hybridized carbons (Fsp3) is 0.556. The van der Waals surface area contributed by atoms with Gasteiger partial charge in [-0.2, -0.15) is 0 Å². The lowest BCUT2D eigenvalue weighted by Crippen LogP contribution is -2.45. The normalized spacial score (nSPS) is 19.9. The van der Waals surface area contributed by atoms with Gasteiger partial charge in [0.25, 0.3) is 0 Å². The summed E-state index contributed by atoms with van der Waals surface area (Å²) in [6.45, 7) is 4.48. The van der Waals surface area contributed by atoms with Crippen LogP contribution in [0.15, 0.2) is 29.3 Å². The van der Waals surface area contributed by atoms with Gasteiger partial charge in [0.05, 0.1) is 18.3 Å². The number of esters is 1. The number of halogens is 1. The number of hydrogen-bond acceptors (Lipinski definition) is 4. The predicted molar refractivity (Wildman–Crippen MR) is 110 cm³/mol. The molecule has 1 aromatic rings. The minimum absolute atomic E-state index is 0. The van der Waals surface area contributed by atoms with Crippen molar-refractivity contribution in [3.63, 3.8) is 0 Å². The van der Waals surface area contributed by atoms with Crippen molar-refractivity contribution in [1.29, 1.82) is 0 Å². The van der Waals surface area contributed by atoms with Gasteiger partial charge in [-0.05, 0) is 43.9 Å². The van der Waals surface area contributed by atoms with Crippen LogP contribution in [0.25, 0.3) is 0 Å². The molecule has 7 heteroatoms. The van der Waals surface area contributed by atoms with Gasteiger partial charge in [0.2, 0.25) is 0 Å². The number of hydrogen-bond donors (Lipinski definition) is 2. The second-order valence-corrected chi connectivity index (χ2v) is 6.19. The van der Waals surface area contributed by atoms with Crippen molar-refractivity contribution in [3.8, 4) is 0 Å². The Labute approximate surface area is 166 Å². The maximum absolute atomic E-state index is 11.4. The Kier molecular flexibility index (Phi) is 9.20. The number of carbonyl (C=O) groups excluding carboxylic acids is 1. The number of aliphatic imine (C=N–C) groups is 1. The second kappa shape index (κ2) is 10.6. The van der Waals surface area contributed by atoms with Crippen LogP contribution in [0.4, 0.5) is 0 Å². The van der Waals surface area contributed by atoms with Crippen molar-refractivity contribution in [3.05, 3.63) is 35.4 Å². The molecule has 0 saturated carbocycles. The van der Waals surface area contributed by atoms with E-state index in [0.29, 0.717) is 5.56 Å². The van der Waals surface area contributed by atoms with Crippen molar-refractivity contribution >= 4 is 35.9 Å². The first kappa shape index (κ1) is 21.7. The fourth-order valence-corrected chi connectivity index (χ4v) is 2.72. The molecule has 2 rings (SSSR count). The van der Waals surface area contributed by atoms with E-state index in [9.17, 15) is 4.79 Å². The van der Waals surface area contributed by atoms with Crippen LogP contribution < -0.4 is 10.6 Å². The second-order valence-electron chi connectivity index (χ2n) is 6.19. The maximum atomic E-state index is 11.4. The number of rotatable bonds is 6. The van der Waals surface area contributed by atoms with E-state index in [0.717, 1.165) is 50.5 Å². The summed E-state index contributed by atoms with van der Waals surface area (Å²) in [6.07, 6.45) is 3.03. The smallest absolute Gasteiger partial charge is 0.337 e.